The molecule has 1 fully saturated rings. The molecule has 2 atom stereocenters. The summed E-state index contributed by atoms with van der Waals surface area (Å²) in [5, 5.41) is 0. The van der Waals surface area contributed by atoms with Gasteiger partial charge in [0.15, 0.2) is 0 Å². The molecule has 0 amide bonds. The second kappa shape index (κ2) is 8.86. The van der Waals surface area contributed by atoms with Crippen molar-refractivity contribution in [2.75, 3.05) is 46.5 Å². The first kappa shape index (κ1) is 14.9. The smallest absolute Gasteiger partial charge is 0.0709 e. The van der Waals surface area contributed by atoms with Crippen molar-refractivity contribution in [1.82, 2.24) is 4.90 Å². The molecule has 0 spiro atoms. The first-order valence-corrected chi connectivity index (χ1v) is 6.84. The highest BCUT2D eigenvalue weighted by Crippen LogP contribution is 2.14. The quantitative estimate of drug-likeness (QED) is 0.694. The fraction of sp³-hybridized carbons (Fsp3) is 1.00. The minimum absolute atomic E-state index is 0.213. The number of ether oxygens (including phenoxy) is 2. The van der Waals surface area contributed by atoms with E-state index in [9.17, 15) is 0 Å². The van der Waals surface area contributed by atoms with E-state index < -0.39 is 0 Å². The van der Waals surface area contributed by atoms with E-state index in [1.807, 2.05) is 6.92 Å². The summed E-state index contributed by atoms with van der Waals surface area (Å²) in [6, 6.07) is 0. The van der Waals surface area contributed by atoms with E-state index in [4.69, 9.17) is 15.2 Å². The highest BCUT2D eigenvalue weighted by atomic mass is 16.5. The molecule has 1 rings (SSSR count). The monoisotopic (exact) mass is 244 g/mol. The molecule has 0 aromatic carbocycles. The van der Waals surface area contributed by atoms with E-state index in [1.54, 1.807) is 0 Å². The van der Waals surface area contributed by atoms with Gasteiger partial charge in [-0.15, -0.1) is 0 Å². The van der Waals surface area contributed by atoms with Crippen LogP contribution in [0.15, 0.2) is 0 Å². The lowest BCUT2D eigenvalue weighted by atomic mass is 10.0. The summed E-state index contributed by atoms with van der Waals surface area (Å²) in [6.45, 7) is 7.44. The van der Waals surface area contributed by atoms with E-state index in [0.29, 0.717) is 12.5 Å². The Hall–Kier alpha value is -0.160. The topological polar surface area (TPSA) is 47.7 Å². The van der Waals surface area contributed by atoms with Crippen LogP contribution in [0.1, 0.15) is 26.2 Å². The Balaban J connectivity index is 2.12. The molecule has 2 N–H and O–H groups in total. The van der Waals surface area contributed by atoms with Gasteiger partial charge in [0.05, 0.1) is 12.7 Å². The zero-order valence-corrected chi connectivity index (χ0v) is 11.4. The van der Waals surface area contributed by atoms with Gasteiger partial charge in [-0.3, -0.25) is 0 Å². The van der Waals surface area contributed by atoms with Crippen molar-refractivity contribution in [3.63, 3.8) is 0 Å². The Morgan fingerprint density at radius 2 is 2.35 bits per heavy atom. The molecule has 17 heavy (non-hydrogen) atoms. The number of nitrogens with zero attached hydrogens (tertiary/aromatic N) is 1. The Morgan fingerprint density at radius 3 is 2.94 bits per heavy atom. The fourth-order valence-corrected chi connectivity index (χ4v) is 2.35. The summed E-state index contributed by atoms with van der Waals surface area (Å²) in [4.78, 5) is 2.38. The molecule has 0 aromatic rings. The lowest BCUT2D eigenvalue weighted by Crippen LogP contribution is -2.34. The molecule has 0 radical (unpaired) electrons. The van der Waals surface area contributed by atoms with Crippen LogP contribution in [0.3, 0.4) is 0 Å². The molecule has 1 aliphatic heterocycles. The minimum atomic E-state index is 0.213. The highest BCUT2D eigenvalue weighted by Gasteiger charge is 2.16. The van der Waals surface area contributed by atoms with E-state index in [0.717, 1.165) is 39.3 Å². The van der Waals surface area contributed by atoms with Crippen molar-refractivity contribution in [1.29, 1.82) is 0 Å². The summed E-state index contributed by atoms with van der Waals surface area (Å²) in [5.74, 6) is 0.706. The SMILES string of the molecule is CCOC(CN)CCN(C)CC1CCCOC1. The molecule has 0 aromatic heterocycles. The second-order valence-electron chi connectivity index (χ2n) is 4.95. The van der Waals surface area contributed by atoms with Crippen molar-refractivity contribution in [2.24, 2.45) is 11.7 Å². The molecule has 1 aliphatic rings. The van der Waals surface area contributed by atoms with Gasteiger partial charge in [-0.05, 0) is 39.2 Å². The van der Waals surface area contributed by atoms with Crippen LogP contribution in [-0.4, -0.2) is 57.5 Å². The third-order valence-corrected chi connectivity index (χ3v) is 3.32. The number of hydrogen-bond acceptors (Lipinski definition) is 4. The van der Waals surface area contributed by atoms with Crippen molar-refractivity contribution in [3.05, 3.63) is 0 Å². The normalized spacial score (nSPS) is 22.9. The van der Waals surface area contributed by atoms with Crippen LogP contribution >= 0.6 is 0 Å². The second-order valence-corrected chi connectivity index (χ2v) is 4.95. The molecule has 0 aliphatic carbocycles. The van der Waals surface area contributed by atoms with Crippen molar-refractivity contribution < 1.29 is 9.47 Å². The number of nitrogens with two attached hydrogens (primary N) is 1. The molecule has 102 valence electrons. The Morgan fingerprint density at radius 1 is 1.53 bits per heavy atom. The van der Waals surface area contributed by atoms with Crippen LogP contribution < -0.4 is 5.73 Å². The lowest BCUT2D eigenvalue weighted by molar-refractivity contribution is 0.0335. The van der Waals surface area contributed by atoms with Crippen LogP contribution in [0.2, 0.25) is 0 Å². The van der Waals surface area contributed by atoms with Gasteiger partial charge in [0.1, 0.15) is 0 Å². The van der Waals surface area contributed by atoms with Gasteiger partial charge in [-0.1, -0.05) is 0 Å². The minimum Gasteiger partial charge on any atom is -0.381 e. The molecule has 0 saturated carbocycles. The molecule has 4 nitrogen and oxygen atoms in total. The largest absolute Gasteiger partial charge is 0.381 e. The zero-order valence-electron chi connectivity index (χ0n) is 11.4. The lowest BCUT2D eigenvalue weighted by Gasteiger charge is -2.28. The number of rotatable bonds is 8. The average molecular weight is 244 g/mol. The maximum Gasteiger partial charge on any atom is 0.0709 e. The first-order valence-electron chi connectivity index (χ1n) is 6.84. The number of hydrogen-bond donors (Lipinski definition) is 1. The zero-order chi connectivity index (χ0) is 12.5. The molecular formula is C13H28N2O2. The Bertz CT molecular complexity index is 184. The van der Waals surface area contributed by atoms with E-state index >= 15 is 0 Å². The van der Waals surface area contributed by atoms with Gasteiger partial charge >= 0.3 is 0 Å². The summed E-state index contributed by atoms with van der Waals surface area (Å²) < 4.78 is 11.1. The molecule has 0 bridgehead atoms. The van der Waals surface area contributed by atoms with Crippen molar-refractivity contribution in [3.8, 4) is 0 Å². The molecule has 2 unspecified atom stereocenters. The third-order valence-electron chi connectivity index (χ3n) is 3.32. The summed E-state index contributed by atoms with van der Waals surface area (Å²) in [7, 11) is 2.17. The molecule has 1 saturated heterocycles. The highest BCUT2D eigenvalue weighted by molar-refractivity contribution is 4.68. The summed E-state index contributed by atoms with van der Waals surface area (Å²) in [6.07, 6.45) is 3.75. The van der Waals surface area contributed by atoms with Crippen LogP contribution in [-0.2, 0) is 9.47 Å². The molecule has 1 heterocycles. The van der Waals surface area contributed by atoms with Gasteiger partial charge in [0, 0.05) is 32.8 Å². The van der Waals surface area contributed by atoms with Crippen LogP contribution in [0, 0.1) is 5.92 Å². The van der Waals surface area contributed by atoms with Crippen molar-refractivity contribution >= 4 is 0 Å². The van der Waals surface area contributed by atoms with Crippen LogP contribution in [0.5, 0.6) is 0 Å². The predicted molar refractivity (Wildman–Crippen MR) is 70.1 cm³/mol. The van der Waals surface area contributed by atoms with E-state index in [1.165, 1.54) is 12.8 Å². The Labute approximate surface area is 105 Å². The van der Waals surface area contributed by atoms with Gasteiger partial charge in [0.2, 0.25) is 0 Å². The standard InChI is InChI=1S/C13H28N2O2/c1-3-17-13(9-14)6-7-15(2)10-12-5-4-8-16-11-12/h12-13H,3-11,14H2,1-2H3. The van der Waals surface area contributed by atoms with Gasteiger partial charge < -0.3 is 20.1 Å². The summed E-state index contributed by atoms with van der Waals surface area (Å²) >= 11 is 0. The van der Waals surface area contributed by atoms with Gasteiger partial charge in [-0.2, -0.15) is 0 Å². The van der Waals surface area contributed by atoms with Crippen LogP contribution in [0.4, 0.5) is 0 Å². The third kappa shape index (κ3) is 6.36. The maximum absolute atomic E-state index is 5.67. The van der Waals surface area contributed by atoms with E-state index in [2.05, 4.69) is 11.9 Å². The molecular weight excluding hydrogens is 216 g/mol. The van der Waals surface area contributed by atoms with Crippen molar-refractivity contribution in [2.45, 2.75) is 32.3 Å². The average Bonchev–Trinajstić information content (AvgIpc) is 2.35. The molecule has 4 heteroatoms. The predicted octanol–water partition coefficient (Wildman–Crippen LogP) is 1.10. The fourth-order valence-electron chi connectivity index (χ4n) is 2.35. The first-order chi connectivity index (χ1) is 8.26. The Kier molecular flexibility index (Phi) is 7.77. The van der Waals surface area contributed by atoms with E-state index in [-0.39, 0.29) is 6.10 Å². The van der Waals surface area contributed by atoms with Gasteiger partial charge in [0.25, 0.3) is 0 Å². The van der Waals surface area contributed by atoms with Crippen LogP contribution in [0.25, 0.3) is 0 Å². The maximum atomic E-state index is 5.67. The van der Waals surface area contributed by atoms with Gasteiger partial charge in [-0.25, -0.2) is 0 Å². The summed E-state index contributed by atoms with van der Waals surface area (Å²) in [5.41, 5.74) is 5.67.